The molecule has 0 amide bonds. The van der Waals surface area contributed by atoms with Gasteiger partial charge in [0.2, 0.25) is 5.78 Å². The summed E-state index contributed by atoms with van der Waals surface area (Å²) in [7, 11) is 0. The molecule has 0 radical (unpaired) electrons. The molecule has 1 heterocycles. The molecule has 0 aliphatic carbocycles. The molecule has 0 aliphatic rings. The number of ketones is 1. The number of benzene rings is 1. The summed E-state index contributed by atoms with van der Waals surface area (Å²) in [5.41, 5.74) is 0.759. The highest BCUT2D eigenvalue weighted by Crippen LogP contribution is 2.26. The lowest BCUT2D eigenvalue weighted by Crippen LogP contribution is -2.05. The third-order valence-electron chi connectivity index (χ3n) is 2.44. The van der Waals surface area contributed by atoms with E-state index < -0.39 is 5.82 Å². The fourth-order valence-electron chi connectivity index (χ4n) is 1.53. The SMILES string of the molecule is CC(C)c1nnsc1C(=O)c1cc(F)ccc1Cl. The van der Waals surface area contributed by atoms with Crippen molar-refractivity contribution < 1.29 is 9.18 Å². The number of carbonyl (C=O) groups is 1. The van der Waals surface area contributed by atoms with Gasteiger partial charge in [0.1, 0.15) is 10.7 Å². The Bertz CT molecular complexity index is 598. The topological polar surface area (TPSA) is 42.9 Å². The van der Waals surface area contributed by atoms with Crippen molar-refractivity contribution in [1.82, 2.24) is 9.59 Å². The smallest absolute Gasteiger partial charge is 0.208 e. The van der Waals surface area contributed by atoms with E-state index in [1.165, 1.54) is 12.1 Å². The Kier molecular flexibility index (Phi) is 3.73. The molecule has 0 bridgehead atoms. The molecular weight excluding hydrogens is 275 g/mol. The normalized spacial score (nSPS) is 10.9. The molecular formula is C12H10ClFN2OS. The van der Waals surface area contributed by atoms with Crippen molar-refractivity contribution in [1.29, 1.82) is 0 Å². The van der Waals surface area contributed by atoms with Gasteiger partial charge in [0.25, 0.3) is 0 Å². The molecule has 1 aromatic heterocycles. The zero-order chi connectivity index (χ0) is 13.3. The van der Waals surface area contributed by atoms with E-state index in [1.54, 1.807) is 0 Å². The van der Waals surface area contributed by atoms with Crippen molar-refractivity contribution in [2.75, 3.05) is 0 Å². The van der Waals surface area contributed by atoms with Crippen molar-refractivity contribution in [3.63, 3.8) is 0 Å². The Balaban J connectivity index is 2.48. The molecule has 0 saturated heterocycles. The van der Waals surface area contributed by atoms with Crippen LogP contribution in [0, 0.1) is 5.82 Å². The lowest BCUT2D eigenvalue weighted by molar-refractivity contribution is 0.104. The van der Waals surface area contributed by atoms with Gasteiger partial charge in [0, 0.05) is 5.56 Å². The van der Waals surface area contributed by atoms with Gasteiger partial charge in [-0.3, -0.25) is 4.79 Å². The molecule has 6 heteroatoms. The summed E-state index contributed by atoms with van der Waals surface area (Å²) in [4.78, 5) is 12.7. The lowest BCUT2D eigenvalue weighted by atomic mass is 10.0. The Morgan fingerprint density at radius 1 is 1.44 bits per heavy atom. The highest BCUT2D eigenvalue weighted by Gasteiger charge is 2.22. The maximum Gasteiger partial charge on any atom is 0.208 e. The third kappa shape index (κ3) is 2.42. The number of carbonyl (C=O) groups excluding carboxylic acids is 1. The van der Waals surface area contributed by atoms with Gasteiger partial charge in [-0.1, -0.05) is 29.9 Å². The summed E-state index contributed by atoms with van der Waals surface area (Å²) < 4.78 is 16.9. The number of hydrogen-bond acceptors (Lipinski definition) is 4. The number of halogens is 2. The van der Waals surface area contributed by atoms with E-state index in [9.17, 15) is 9.18 Å². The van der Waals surface area contributed by atoms with Crippen LogP contribution in [0.4, 0.5) is 4.39 Å². The second-order valence-corrected chi connectivity index (χ2v) is 5.26. The van der Waals surface area contributed by atoms with Gasteiger partial charge in [-0.2, -0.15) is 0 Å². The molecule has 0 saturated carbocycles. The minimum Gasteiger partial charge on any atom is -0.287 e. The van der Waals surface area contributed by atoms with E-state index in [4.69, 9.17) is 11.6 Å². The van der Waals surface area contributed by atoms with Crippen LogP contribution < -0.4 is 0 Å². The van der Waals surface area contributed by atoms with Crippen molar-refractivity contribution in [3.8, 4) is 0 Å². The van der Waals surface area contributed by atoms with Crippen LogP contribution in [-0.2, 0) is 0 Å². The van der Waals surface area contributed by atoms with Crippen molar-refractivity contribution in [3.05, 3.63) is 45.2 Å². The maximum absolute atomic E-state index is 13.2. The number of hydrogen-bond donors (Lipinski definition) is 0. The van der Waals surface area contributed by atoms with E-state index in [1.807, 2.05) is 13.8 Å². The molecule has 2 rings (SSSR count). The summed E-state index contributed by atoms with van der Waals surface area (Å²) in [6, 6.07) is 3.72. The molecule has 0 atom stereocenters. The maximum atomic E-state index is 13.2. The van der Waals surface area contributed by atoms with Gasteiger partial charge in [0.15, 0.2) is 0 Å². The first-order valence-electron chi connectivity index (χ1n) is 5.32. The number of aromatic nitrogens is 2. The van der Waals surface area contributed by atoms with E-state index in [-0.39, 0.29) is 22.3 Å². The first kappa shape index (κ1) is 13.1. The monoisotopic (exact) mass is 284 g/mol. The number of nitrogens with zero attached hydrogens (tertiary/aromatic N) is 2. The molecule has 0 N–H and O–H groups in total. The van der Waals surface area contributed by atoms with Gasteiger partial charge in [-0.25, -0.2) is 4.39 Å². The summed E-state index contributed by atoms with van der Waals surface area (Å²) in [5.74, 6) is -0.750. The van der Waals surface area contributed by atoms with Crippen LogP contribution in [0.3, 0.4) is 0 Å². The van der Waals surface area contributed by atoms with Crippen molar-refractivity contribution >= 4 is 28.9 Å². The molecule has 18 heavy (non-hydrogen) atoms. The van der Waals surface area contributed by atoms with Crippen LogP contribution in [0.5, 0.6) is 0 Å². The Labute approximate surface area is 113 Å². The van der Waals surface area contributed by atoms with Crippen LogP contribution in [0.15, 0.2) is 18.2 Å². The predicted octanol–water partition coefficient (Wildman–Crippen LogP) is 3.69. The Morgan fingerprint density at radius 2 is 2.17 bits per heavy atom. The highest BCUT2D eigenvalue weighted by molar-refractivity contribution is 7.08. The Hall–Kier alpha value is -1.33. The standard InChI is InChI=1S/C12H10ClFN2OS/c1-6(2)10-12(18-16-15-10)11(17)8-5-7(14)3-4-9(8)13/h3-6H,1-2H3. The molecule has 0 fully saturated rings. The summed E-state index contributed by atoms with van der Waals surface area (Å²) >= 11 is 6.92. The zero-order valence-electron chi connectivity index (χ0n) is 9.78. The molecule has 2 aromatic rings. The van der Waals surface area contributed by atoms with E-state index in [0.29, 0.717) is 10.6 Å². The van der Waals surface area contributed by atoms with Gasteiger partial charge >= 0.3 is 0 Å². The summed E-state index contributed by atoms with van der Waals surface area (Å²) in [6.07, 6.45) is 0. The van der Waals surface area contributed by atoms with Crippen molar-refractivity contribution in [2.24, 2.45) is 0 Å². The second-order valence-electron chi connectivity index (χ2n) is 4.10. The third-order valence-corrected chi connectivity index (χ3v) is 3.51. The molecule has 94 valence electrons. The zero-order valence-corrected chi connectivity index (χ0v) is 11.3. The predicted molar refractivity (Wildman–Crippen MR) is 68.8 cm³/mol. The van der Waals surface area contributed by atoms with Crippen LogP contribution >= 0.6 is 23.1 Å². The summed E-state index contributed by atoms with van der Waals surface area (Å²) in [5, 5.41) is 4.15. The van der Waals surface area contributed by atoms with Gasteiger partial charge in [0.05, 0.1) is 10.7 Å². The minimum absolute atomic E-state index is 0.0787. The van der Waals surface area contributed by atoms with Gasteiger partial charge < -0.3 is 0 Å². The van der Waals surface area contributed by atoms with Gasteiger partial charge in [-0.15, -0.1) is 5.10 Å². The van der Waals surface area contributed by atoms with E-state index in [0.717, 1.165) is 17.6 Å². The largest absolute Gasteiger partial charge is 0.287 e. The minimum atomic E-state index is -0.494. The molecule has 0 spiro atoms. The van der Waals surface area contributed by atoms with E-state index in [2.05, 4.69) is 9.59 Å². The fourth-order valence-corrected chi connectivity index (χ4v) is 2.50. The highest BCUT2D eigenvalue weighted by atomic mass is 35.5. The average Bonchev–Trinajstić information content (AvgIpc) is 2.80. The van der Waals surface area contributed by atoms with Crippen LogP contribution in [0.25, 0.3) is 0 Å². The average molecular weight is 285 g/mol. The Morgan fingerprint density at radius 3 is 2.83 bits per heavy atom. The fraction of sp³-hybridized carbons (Fsp3) is 0.250. The van der Waals surface area contributed by atoms with Crippen molar-refractivity contribution in [2.45, 2.75) is 19.8 Å². The quantitative estimate of drug-likeness (QED) is 0.808. The van der Waals surface area contributed by atoms with Crippen LogP contribution in [0.1, 0.15) is 40.7 Å². The van der Waals surface area contributed by atoms with E-state index >= 15 is 0 Å². The molecule has 1 aromatic carbocycles. The second kappa shape index (κ2) is 5.12. The lowest BCUT2D eigenvalue weighted by Gasteiger charge is -2.05. The van der Waals surface area contributed by atoms with Gasteiger partial charge in [-0.05, 0) is 35.6 Å². The van der Waals surface area contributed by atoms with Crippen LogP contribution in [0.2, 0.25) is 5.02 Å². The molecule has 3 nitrogen and oxygen atoms in total. The molecule has 0 unspecified atom stereocenters. The summed E-state index contributed by atoms with van der Waals surface area (Å²) in [6.45, 7) is 3.83. The number of rotatable bonds is 3. The molecule has 0 aliphatic heterocycles. The first-order valence-corrected chi connectivity index (χ1v) is 6.48. The first-order chi connectivity index (χ1) is 8.50. The van der Waals surface area contributed by atoms with Crippen LogP contribution in [-0.4, -0.2) is 15.4 Å².